The van der Waals surface area contributed by atoms with Gasteiger partial charge in [0.25, 0.3) is 5.91 Å². The van der Waals surface area contributed by atoms with Gasteiger partial charge in [-0.1, -0.05) is 48.6 Å². The SMILES string of the molecule is CCc1ccccc1NC(=O)CNC(=O)NNC(=O)[C@@H](C)Nc1nc2ccccc2s1. The van der Waals surface area contributed by atoms with Crippen LogP contribution < -0.4 is 26.8 Å². The van der Waals surface area contributed by atoms with E-state index in [-0.39, 0.29) is 12.5 Å². The highest BCUT2D eigenvalue weighted by Crippen LogP contribution is 2.25. The van der Waals surface area contributed by atoms with Gasteiger partial charge in [0, 0.05) is 5.69 Å². The lowest BCUT2D eigenvalue weighted by Gasteiger charge is -2.14. The Labute approximate surface area is 183 Å². The molecule has 0 unspecified atom stereocenters. The quantitative estimate of drug-likeness (QED) is 0.361. The minimum Gasteiger partial charge on any atom is -0.350 e. The zero-order valence-corrected chi connectivity index (χ0v) is 18.0. The van der Waals surface area contributed by atoms with E-state index >= 15 is 0 Å². The minimum absolute atomic E-state index is 0.237. The summed E-state index contributed by atoms with van der Waals surface area (Å²) in [5.41, 5.74) is 7.10. The van der Waals surface area contributed by atoms with E-state index in [4.69, 9.17) is 0 Å². The van der Waals surface area contributed by atoms with Crippen LogP contribution in [0, 0.1) is 0 Å². The third-order valence-corrected chi connectivity index (χ3v) is 5.38. The summed E-state index contributed by atoms with van der Waals surface area (Å²) in [4.78, 5) is 40.5. The molecule has 31 heavy (non-hydrogen) atoms. The Balaban J connectivity index is 1.40. The van der Waals surface area contributed by atoms with Crippen LogP contribution in [0.25, 0.3) is 10.2 Å². The number of anilines is 2. The lowest BCUT2D eigenvalue weighted by Crippen LogP contribution is -2.51. The van der Waals surface area contributed by atoms with Gasteiger partial charge in [-0.2, -0.15) is 0 Å². The normalized spacial score (nSPS) is 11.4. The highest BCUT2D eigenvalue weighted by molar-refractivity contribution is 7.22. The number of para-hydroxylation sites is 2. The van der Waals surface area contributed by atoms with Crippen molar-refractivity contribution in [1.82, 2.24) is 21.2 Å². The number of hydrazine groups is 1. The van der Waals surface area contributed by atoms with Crippen LogP contribution in [0.5, 0.6) is 0 Å². The number of fused-ring (bicyclic) bond motifs is 1. The largest absolute Gasteiger partial charge is 0.350 e. The average Bonchev–Trinajstić information content (AvgIpc) is 3.18. The van der Waals surface area contributed by atoms with E-state index in [1.165, 1.54) is 11.3 Å². The molecule has 3 aromatic rings. The Morgan fingerprint density at radius 2 is 1.77 bits per heavy atom. The van der Waals surface area contributed by atoms with Crippen LogP contribution in [0.2, 0.25) is 0 Å². The molecule has 0 spiro atoms. The van der Waals surface area contributed by atoms with E-state index in [1.54, 1.807) is 13.0 Å². The molecule has 3 rings (SSSR count). The first-order valence-electron chi connectivity index (χ1n) is 9.80. The van der Waals surface area contributed by atoms with Crippen molar-refractivity contribution in [2.75, 3.05) is 17.2 Å². The summed E-state index contributed by atoms with van der Waals surface area (Å²) in [5.74, 6) is -0.816. The second-order valence-electron chi connectivity index (χ2n) is 6.71. The standard InChI is InChI=1S/C21H24N6O3S/c1-3-14-8-4-5-9-15(14)24-18(28)12-22-20(30)27-26-19(29)13(2)23-21-25-16-10-6-7-11-17(16)31-21/h4-11,13H,3,12H2,1-2H3,(H,23,25)(H,24,28)(H,26,29)(H2,22,27,30)/t13-/m1/s1. The van der Waals surface area contributed by atoms with Crippen molar-refractivity contribution in [2.24, 2.45) is 0 Å². The van der Waals surface area contributed by atoms with E-state index in [2.05, 4.69) is 31.8 Å². The molecule has 1 heterocycles. The highest BCUT2D eigenvalue weighted by Gasteiger charge is 2.16. The smallest absolute Gasteiger partial charge is 0.333 e. The van der Waals surface area contributed by atoms with E-state index in [0.29, 0.717) is 10.8 Å². The number of hydrogen-bond donors (Lipinski definition) is 5. The first-order valence-corrected chi connectivity index (χ1v) is 10.6. The molecule has 0 bridgehead atoms. The summed E-state index contributed by atoms with van der Waals surface area (Å²) in [7, 11) is 0. The Morgan fingerprint density at radius 3 is 2.55 bits per heavy atom. The third kappa shape index (κ3) is 6.16. The monoisotopic (exact) mass is 440 g/mol. The zero-order valence-electron chi connectivity index (χ0n) is 17.2. The highest BCUT2D eigenvalue weighted by atomic mass is 32.1. The van der Waals surface area contributed by atoms with E-state index in [9.17, 15) is 14.4 Å². The van der Waals surface area contributed by atoms with Gasteiger partial charge in [0.05, 0.1) is 16.8 Å². The van der Waals surface area contributed by atoms with Gasteiger partial charge < -0.3 is 16.0 Å². The van der Waals surface area contributed by atoms with Crippen LogP contribution in [0.1, 0.15) is 19.4 Å². The van der Waals surface area contributed by atoms with Crippen molar-refractivity contribution in [3.05, 3.63) is 54.1 Å². The molecule has 0 aliphatic carbocycles. The summed E-state index contributed by atoms with van der Waals surface area (Å²) in [6.45, 7) is 3.41. The van der Waals surface area contributed by atoms with Gasteiger partial charge in [0.15, 0.2) is 5.13 Å². The zero-order chi connectivity index (χ0) is 22.2. The average molecular weight is 441 g/mol. The first-order chi connectivity index (χ1) is 15.0. The van der Waals surface area contributed by atoms with E-state index in [0.717, 1.165) is 22.2 Å². The summed E-state index contributed by atoms with van der Waals surface area (Å²) in [6.07, 6.45) is 0.777. The van der Waals surface area contributed by atoms with Gasteiger partial charge in [-0.15, -0.1) is 0 Å². The van der Waals surface area contributed by atoms with Crippen LogP contribution in [0.15, 0.2) is 48.5 Å². The van der Waals surface area contributed by atoms with Crippen molar-refractivity contribution < 1.29 is 14.4 Å². The summed E-state index contributed by atoms with van der Waals surface area (Å²) in [6, 6.07) is 13.8. The van der Waals surface area contributed by atoms with Crippen LogP contribution >= 0.6 is 11.3 Å². The number of thiazole rings is 1. The number of nitrogens with one attached hydrogen (secondary N) is 5. The van der Waals surface area contributed by atoms with Crippen molar-refractivity contribution in [3.8, 4) is 0 Å². The topological polar surface area (TPSA) is 124 Å². The summed E-state index contributed by atoms with van der Waals surface area (Å²) >= 11 is 1.44. The molecular weight excluding hydrogens is 416 g/mol. The van der Waals surface area contributed by atoms with Crippen molar-refractivity contribution >= 4 is 50.2 Å². The molecule has 1 aromatic heterocycles. The predicted molar refractivity (Wildman–Crippen MR) is 122 cm³/mol. The molecule has 0 saturated carbocycles. The molecule has 5 N–H and O–H groups in total. The molecule has 9 nitrogen and oxygen atoms in total. The number of carbonyl (C=O) groups excluding carboxylic acids is 3. The minimum atomic E-state index is -0.695. The number of carbonyl (C=O) groups is 3. The van der Waals surface area contributed by atoms with Crippen LogP contribution in [0.3, 0.4) is 0 Å². The van der Waals surface area contributed by atoms with Crippen molar-refractivity contribution in [2.45, 2.75) is 26.3 Å². The van der Waals surface area contributed by atoms with Gasteiger partial charge in [-0.25, -0.2) is 15.2 Å². The Kier molecular flexibility index (Phi) is 7.39. The second kappa shape index (κ2) is 10.4. The van der Waals surface area contributed by atoms with Crippen molar-refractivity contribution in [3.63, 3.8) is 0 Å². The Hall–Kier alpha value is -3.66. The van der Waals surface area contributed by atoms with Gasteiger partial charge in [0.1, 0.15) is 6.04 Å². The van der Waals surface area contributed by atoms with Gasteiger partial charge in [-0.3, -0.25) is 15.0 Å². The molecule has 0 fully saturated rings. The number of hydrogen-bond acceptors (Lipinski definition) is 6. The van der Waals surface area contributed by atoms with Crippen molar-refractivity contribution in [1.29, 1.82) is 0 Å². The lowest BCUT2D eigenvalue weighted by molar-refractivity contribution is -0.122. The van der Waals surface area contributed by atoms with Gasteiger partial charge in [-0.05, 0) is 37.1 Å². The van der Waals surface area contributed by atoms with E-state index < -0.39 is 18.0 Å². The number of aromatic nitrogens is 1. The maximum absolute atomic E-state index is 12.2. The molecule has 0 radical (unpaired) electrons. The molecule has 0 aliphatic rings. The first kappa shape index (κ1) is 22.0. The van der Waals surface area contributed by atoms with Gasteiger partial charge in [0.2, 0.25) is 5.91 Å². The third-order valence-electron chi connectivity index (χ3n) is 4.41. The molecule has 1 atom stereocenters. The number of rotatable bonds is 7. The fourth-order valence-corrected chi connectivity index (χ4v) is 3.71. The number of urea groups is 1. The molecule has 0 aliphatic heterocycles. The fourth-order valence-electron chi connectivity index (χ4n) is 2.76. The number of aryl methyl sites for hydroxylation is 1. The number of nitrogens with zero attached hydrogens (tertiary/aromatic N) is 1. The van der Waals surface area contributed by atoms with Gasteiger partial charge >= 0.3 is 6.03 Å². The maximum atomic E-state index is 12.2. The molecule has 4 amide bonds. The lowest BCUT2D eigenvalue weighted by atomic mass is 10.1. The van der Waals surface area contributed by atoms with Crippen LogP contribution in [-0.4, -0.2) is 35.4 Å². The maximum Gasteiger partial charge on any atom is 0.333 e. The summed E-state index contributed by atoms with van der Waals surface area (Å²) < 4.78 is 1.01. The molecule has 0 saturated heterocycles. The van der Waals surface area contributed by atoms with Crippen LogP contribution in [-0.2, 0) is 16.0 Å². The van der Waals surface area contributed by atoms with Crippen LogP contribution in [0.4, 0.5) is 15.6 Å². The fraction of sp³-hybridized carbons (Fsp3) is 0.238. The number of benzene rings is 2. The number of amides is 4. The molecule has 2 aromatic carbocycles. The predicted octanol–water partition coefficient (Wildman–Crippen LogP) is 2.63. The second-order valence-corrected chi connectivity index (χ2v) is 7.74. The Bertz CT molecular complexity index is 1050. The molecule has 10 heteroatoms. The van der Waals surface area contributed by atoms with E-state index in [1.807, 2.05) is 49.4 Å². The Morgan fingerprint density at radius 1 is 1.03 bits per heavy atom. The molecular formula is C21H24N6O3S. The summed E-state index contributed by atoms with van der Waals surface area (Å²) in [5, 5.41) is 8.76. The molecule has 162 valence electrons.